The van der Waals surface area contributed by atoms with Gasteiger partial charge >= 0.3 is 0 Å². The number of para-hydroxylation sites is 1. The summed E-state index contributed by atoms with van der Waals surface area (Å²) in [5, 5.41) is 11.9. The number of thiophene rings is 1. The third kappa shape index (κ3) is 3.23. The Morgan fingerprint density at radius 3 is 2.77 bits per heavy atom. The molecule has 1 aromatic carbocycles. The van der Waals surface area contributed by atoms with Gasteiger partial charge in [0.15, 0.2) is 0 Å². The van der Waals surface area contributed by atoms with Crippen molar-refractivity contribution in [2.45, 2.75) is 12.8 Å². The zero-order valence-electron chi connectivity index (χ0n) is 12.1. The second-order valence-corrected chi connectivity index (χ2v) is 5.58. The van der Waals surface area contributed by atoms with Gasteiger partial charge in [-0.1, -0.05) is 18.2 Å². The maximum atomic E-state index is 12.2. The van der Waals surface area contributed by atoms with E-state index in [0.717, 1.165) is 11.3 Å². The lowest BCUT2D eigenvalue weighted by Gasteiger charge is -2.16. The van der Waals surface area contributed by atoms with Crippen molar-refractivity contribution in [3.8, 4) is 11.5 Å². The molecule has 0 radical (unpaired) electrons. The topological polar surface area (TPSA) is 59.2 Å². The van der Waals surface area contributed by atoms with Crippen LogP contribution in [0, 0.1) is 0 Å². The molecule has 3 rings (SSSR count). The molecule has 22 heavy (non-hydrogen) atoms. The number of carbonyl (C=O) groups excluding carboxylic acids is 1. The second-order valence-electron chi connectivity index (χ2n) is 4.80. The van der Waals surface area contributed by atoms with E-state index >= 15 is 0 Å². The number of hydrogen-bond donors (Lipinski definition) is 0. The molecule has 6 heteroatoms. The first-order chi connectivity index (χ1) is 10.7. The van der Waals surface area contributed by atoms with Gasteiger partial charge in [0.2, 0.25) is 17.7 Å². The number of anilines is 1. The molecule has 0 aliphatic heterocycles. The third-order valence-electron chi connectivity index (χ3n) is 3.31. The van der Waals surface area contributed by atoms with E-state index in [1.54, 1.807) is 23.3 Å². The van der Waals surface area contributed by atoms with Gasteiger partial charge in [0.1, 0.15) is 0 Å². The van der Waals surface area contributed by atoms with Crippen LogP contribution in [0.4, 0.5) is 5.69 Å². The van der Waals surface area contributed by atoms with Gasteiger partial charge in [-0.15, -0.1) is 10.2 Å². The Balaban J connectivity index is 1.59. The standard InChI is InChI=1S/C16H15N3O2S/c1-19(13-5-3-2-4-6-13)15(20)8-7-14-17-18-16(21-14)12-9-10-22-11-12/h2-6,9-11H,7-8H2,1H3. The Hall–Kier alpha value is -2.47. The molecule has 0 bridgehead atoms. The molecule has 0 unspecified atom stereocenters. The van der Waals surface area contributed by atoms with Gasteiger partial charge in [0.05, 0.1) is 0 Å². The fraction of sp³-hybridized carbons (Fsp3) is 0.188. The maximum absolute atomic E-state index is 12.2. The Morgan fingerprint density at radius 1 is 1.23 bits per heavy atom. The van der Waals surface area contributed by atoms with Crippen molar-refractivity contribution in [2.75, 3.05) is 11.9 Å². The number of hydrogen-bond acceptors (Lipinski definition) is 5. The summed E-state index contributed by atoms with van der Waals surface area (Å²) in [6, 6.07) is 11.5. The van der Waals surface area contributed by atoms with Crippen LogP contribution in [-0.4, -0.2) is 23.2 Å². The van der Waals surface area contributed by atoms with Gasteiger partial charge in [-0.3, -0.25) is 4.79 Å². The molecule has 0 aliphatic carbocycles. The number of carbonyl (C=O) groups is 1. The lowest BCUT2D eigenvalue weighted by atomic mass is 10.2. The summed E-state index contributed by atoms with van der Waals surface area (Å²) in [5.74, 6) is 0.998. The first kappa shape index (κ1) is 14.5. The van der Waals surface area contributed by atoms with E-state index in [4.69, 9.17) is 4.42 Å². The monoisotopic (exact) mass is 313 g/mol. The second kappa shape index (κ2) is 6.53. The number of amides is 1. The average molecular weight is 313 g/mol. The lowest BCUT2D eigenvalue weighted by Crippen LogP contribution is -2.26. The minimum Gasteiger partial charge on any atom is -0.421 e. The molecule has 3 aromatic rings. The Morgan fingerprint density at radius 2 is 2.05 bits per heavy atom. The molecule has 5 nitrogen and oxygen atoms in total. The van der Waals surface area contributed by atoms with E-state index < -0.39 is 0 Å². The maximum Gasteiger partial charge on any atom is 0.248 e. The van der Waals surface area contributed by atoms with Gasteiger partial charge in [-0.05, 0) is 23.6 Å². The zero-order chi connectivity index (χ0) is 15.4. The number of nitrogens with zero attached hydrogens (tertiary/aromatic N) is 3. The Labute approximate surface area is 132 Å². The number of benzene rings is 1. The zero-order valence-corrected chi connectivity index (χ0v) is 12.9. The van der Waals surface area contributed by atoms with E-state index in [1.165, 1.54) is 0 Å². The minimum absolute atomic E-state index is 0.0153. The van der Waals surface area contributed by atoms with Crippen LogP contribution < -0.4 is 4.90 Å². The molecule has 112 valence electrons. The molecular formula is C16H15N3O2S. The molecule has 0 fully saturated rings. The first-order valence-electron chi connectivity index (χ1n) is 6.90. The normalized spacial score (nSPS) is 10.6. The van der Waals surface area contributed by atoms with Crippen molar-refractivity contribution in [1.29, 1.82) is 0 Å². The summed E-state index contributed by atoms with van der Waals surface area (Å²) in [6.07, 6.45) is 0.768. The highest BCUT2D eigenvalue weighted by molar-refractivity contribution is 7.08. The smallest absolute Gasteiger partial charge is 0.248 e. The SMILES string of the molecule is CN(C(=O)CCc1nnc(-c2ccsc2)o1)c1ccccc1. The number of rotatable bonds is 5. The fourth-order valence-corrected chi connectivity index (χ4v) is 2.66. The summed E-state index contributed by atoms with van der Waals surface area (Å²) in [5.41, 5.74) is 1.79. The van der Waals surface area contributed by atoms with E-state index in [-0.39, 0.29) is 5.91 Å². The molecule has 0 N–H and O–H groups in total. The van der Waals surface area contributed by atoms with Gasteiger partial charge in [-0.25, -0.2) is 0 Å². The summed E-state index contributed by atoms with van der Waals surface area (Å²) in [4.78, 5) is 13.8. The van der Waals surface area contributed by atoms with Gasteiger partial charge in [0, 0.05) is 36.5 Å². The number of aromatic nitrogens is 2. The summed E-state index contributed by atoms with van der Waals surface area (Å²) < 4.78 is 5.58. The van der Waals surface area contributed by atoms with Crippen molar-refractivity contribution < 1.29 is 9.21 Å². The summed E-state index contributed by atoms with van der Waals surface area (Å²) in [7, 11) is 1.77. The van der Waals surface area contributed by atoms with Crippen LogP contribution >= 0.6 is 11.3 Å². The van der Waals surface area contributed by atoms with Crippen LogP contribution in [-0.2, 0) is 11.2 Å². The van der Waals surface area contributed by atoms with Crippen molar-refractivity contribution in [3.63, 3.8) is 0 Å². The van der Waals surface area contributed by atoms with Crippen molar-refractivity contribution in [3.05, 3.63) is 53.0 Å². The summed E-state index contributed by atoms with van der Waals surface area (Å²) >= 11 is 1.57. The largest absolute Gasteiger partial charge is 0.421 e. The van der Waals surface area contributed by atoms with Crippen molar-refractivity contribution >= 4 is 22.9 Å². The molecule has 0 aliphatic rings. The van der Waals surface area contributed by atoms with Crippen LogP contribution in [0.3, 0.4) is 0 Å². The highest BCUT2D eigenvalue weighted by atomic mass is 32.1. The van der Waals surface area contributed by atoms with Gasteiger partial charge < -0.3 is 9.32 Å². The van der Waals surface area contributed by atoms with E-state index in [9.17, 15) is 4.79 Å². The lowest BCUT2D eigenvalue weighted by molar-refractivity contribution is -0.118. The molecule has 2 heterocycles. The Bertz CT molecular complexity index is 738. The van der Waals surface area contributed by atoms with Crippen LogP contribution in [0.5, 0.6) is 0 Å². The molecule has 0 saturated heterocycles. The van der Waals surface area contributed by atoms with Crippen LogP contribution in [0.25, 0.3) is 11.5 Å². The fourth-order valence-electron chi connectivity index (χ4n) is 2.03. The molecule has 0 atom stereocenters. The molecule has 2 aromatic heterocycles. The van der Waals surface area contributed by atoms with Crippen LogP contribution in [0.1, 0.15) is 12.3 Å². The molecule has 1 amide bonds. The van der Waals surface area contributed by atoms with Gasteiger partial charge in [0.25, 0.3) is 0 Å². The average Bonchev–Trinajstić information content (AvgIpc) is 3.23. The molecule has 0 spiro atoms. The van der Waals surface area contributed by atoms with E-state index in [0.29, 0.717) is 24.6 Å². The third-order valence-corrected chi connectivity index (χ3v) is 3.99. The Kier molecular flexibility index (Phi) is 4.29. The van der Waals surface area contributed by atoms with E-state index in [1.807, 2.05) is 47.2 Å². The summed E-state index contributed by atoms with van der Waals surface area (Å²) in [6.45, 7) is 0. The first-order valence-corrected chi connectivity index (χ1v) is 7.85. The van der Waals surface area contributed by atoms with Crippen LogP contribution in [0.15, 0.2) is 51.6 Å². The highest BCUT2D eigenvalue weighted by Gasteiger charge is 2.14. The minimum atomic E-state index is 0.0153. The quantitative estimate of drug-likeness (QED) is 0.724. The van der Waals surface area contributed by atoms with Crippen molar-refractivity contribution in [1.82, 2.24) is 10.2 Å². The molecule has 0 saturated carbocycles. The molecular weight excluding hydrogens is 298 g/mol. The predicted molar refractivity (Wildman–Crippen MR) is 85.8 cm³/mol. The van der Waals surface area contributed by atoms with Crippen LogP contribution in [0.2, 0.25) is 0 Å². The predicted octanol–water partition coefficient (Wildman–Crippen LogP) is 3.39. The van der Waals surface area contributed by atoms with E-state index in [2.05, 4.69) is 10.2 Å². The van der Waals surface area contributed by atoms with Gasteiger partial charge in [-0.2, -0.15) is 11.3 Å². The number of aryl methyl sites for hydroxylation is 1. The highest BCUT2D eigenvalue weighted by Crippen LogP contribution is 2.21. The van der Waals surface area contributed by atoms with Crippen molar-refractivity contribution in [2.24, 2.45) is 0 Å².